The lowest BCUT2D eigenvalue weighted by Crippen LogP contribution is -2.63. The number of hydroxylamine groups is 2. The standard InChI is InChI=1S/C59H78ClF3N10O18S/c1-31(2)49(70-54(92)66-20-22-87-24-23-86-21-18-47(77)91-73-44(74)16-17-45(73)75)52(79)69-38(12-10-19-65-53(64)80)51(78)68-37-15-14-35(28-36(37)59(61,62)63)67-55(81)89-43-29-46(76)72(6)39-26-34(27-40(84-7)48(39)60)25-32(3)11-9-13-42(85-8)58(83)30-41(88-56(82)71-58)33(4)50-57(43,5)90-50/h9,11,13-15,26-28,31,33,38,41-43,49-50,83H,10,12,16-25,29-30H2,1-8H3,(H,67,81)(H,68,78)(H,69,79)(H,71,82)(H3,64,65,80)(H2,66,70,92). The lowest BCUT2D eigenvalue weighted by molar-refractivity contribution is -0.198. The molecule has 28 nitrogen and oxygen atoms in total. The number of methoxy groups -OCH3 is 2. The Balaban J connectivity index is 1.14. The van der Waals surface area contributed by atoms with Crippen LogP contribution in [-0.4, -0.2) is 178 Å². The number of urea groups is 1. The summed E-state index contributed by atoms with van der Waals surface area (Å²) in [5.41, 5.74) is 0.713. The molecule has 3 fully saturated rings. The third kappa shape index (κ3) is 20.1. The average molecular weight is 1340 g/mol. The van der Waals surface area contributed by atoms with Gasteiger partial charge in [-0.2, -0.15) is 13.2 Å². The van der Waals surface area contributed by atoms with Gasteiger partial charge in [0.05, 0.1) is 69.4 Å². The molecule has 0 saturated carbocycles. The van der Waals surface area contributed by atoms with Crippen LogP contribution in [-0.2, 0) is 74.6 Å². The average Bonchev–Trinajstić information content (AvgIpc) is 1.57. The molecule has 506 valence electrons. The first kappa shape index (κ1) is 73.2. The molecule has 9 atom stereocenters. The van der Waals surface area contributed by atoms with Gasteiger partial charge >= 0.3 is 30.4 Å². The fraction of sp³-hybridized carbons (Fsp3) is 0.559. The van der Waals surface area contributed by atoms with Crippen molar-refractivity contribution in [3.63, 3.8) is 0 Å². The monoisotopic (exact) mass is 1340 g/mol. The largest absolute Gasteiger partial charge is 0.495 e. The van der Waals surface area contributed by atoms with Gasteiger partial charge in [0.15, 0.2) is 10.8 Å². The van der Waals surface area contributed by atoms with E-state index >= 15 is 13.2 Å². The van der Waals surface area contributed by atoms with Crippen LogP contribution in [0, 0.1) is 11.8 Å². The summed E-state index contributed by atoms with van der Waals surface area (Å²) < 4.78 is 85.0. The number of aliphatic hydroxyl groups is 1. The summed E-state index contributed by atoms with van der Waals surface area (Å²) in [5.74, 6) is -5.56. The molecule has 0 aromatic heterocycles. The Morgan fingerprint density at radius 2 is 1.64 bits per heavy atom. The number of nitrogens with zero attached hydrogens (tertiary/aromatic N) is 2. The molecule has 92 heavy (non-hydrogen) atoms. The van der Waals surface area contributed by atoms with E-state index in [4.69, 9.17) is 67.5 Å². The van der Waals surface area contributed by atoms with Gasteiger partial charge in [-0.1, -0.05) is 56.2 Å². The van der Waals surface area contributed by atoms with Gasteiger partial charge in [-0.05, 0) is 87.1 Å². The van der Waals surface area contributed by atoms with E-state index in [1.807, 2.05) is 6.92 Å². The Morgan fingerprint density at radius 3 is 2.29 bits per heavy atom. The number of nitrogens with one attached hydrogen (secondary N) is 7. The molecule has 33 heteroatoms. The number of hydrogen-bond acceptors (Lipinski definition) is 19. The van der Waals surface area contributed by atoms with E-state index in [0.717, 1.165) is 17.7 Å². The third-order valence-corrected chi connectivity index (χ3v) is 16.1. The molecule has 0 spiro atoms. The number of hydrogen-bond donors (Lipinski definition) is 9. The van der Waals surface area contributed by atoms with Crippen molar-refractivity contribution in [1.29, 1.82) is 0 Å². The maximum atomic E-state index is 15.1. The van der Waals surface area contributed by atoms with Gasteiger partial charge in [-0.15, -0.1) is 5.06 Å². The minimum absolute atomic E-state index is 0.00471. The molecule has 2 aromatic carbocycles. The van der Waals surface area contributed by atoms with E-state index in [1.54, 1.807) is 51.1 Å². The number of carbonyl (C=O) groups excluding carboxylic acids is 9. The van der Waals surface area contributed by atoms with Crippen LogP contribution in [0.4, 0.5) is 44.6 Å². The van der Waals surface area contributed by atoms with Crippen molar-refractivity contribution in [3.05, 3.63) is 70.3 Å². The van der Waals surface area contributed by atoms with Crippen LogP contribution in [0.15, 0.2) is 54.1 Å². The van der Waals surface area contributed by atoms with Crippen LogP contribution < -0.4 is 52.6 Å². The van der Waals surface area contributed by atoms with Gasteiger partial charge in [-0.25, -0.2) is 19.2 Å². The molecular formula is C59H78ClF3N10O18S. The van der Waals surface area contributed by atoms with Crippen molar-refractivity contribution in [1.82, 2.24) is 31.6 Å². The minimum Gasteiger partial charge on any atom is -0.495 e. The SMILES string of the molecule is COc1cc2cc(c1Cl)N(C)C(=O)CC(OC(=O)Nc1ccc(NC(=O)C(CCCNC(N)=O)NC(=O)C(NC(=S)NCCOCCOCCC(=O)ON3C(=O)CCC3=O)C(C)C)c(C(F)(F)F)c1)C1(C)OC1C(C)C1CC(O)(NC(=O)O1)C(OC)C=CC=C(C)C2. The summed E-state index contributed by atoms with van der Waals surface area (Å²) in [7, 11) is 4.19. The van der Waals surface area contributed by atoms with Crippen molar-refractivity contribution < 1.29 is 99.4 Å². The van der Waals surface area contributed by atoms with E-state index in [1.165, 1.54) is 33.1 Å². The fourth-order valence-corrected chi connectivity index (χ4v) is 10.9. The van der Waals surface area contributed by atoms with Crippen molar-refractivity contribution in [2.45, 2.75) is 140 Å². The molecule has 4 heterocycles. The Labute approximate surface area is 538 Å². The Hall–Kier alpha value is -7.88. The lowest BCUT2D eigenvalue weighted by Gasteiger charge is -2.42. The first-order valence-electron chi connectivity index (χ1n) is 29.4. The molecular weight excluding hydrogens is 1260 g/mol. The van der Waals surface area contributed by atoms with E-state index in [0.29, 0.717) is 23.1 Å². The van der Waals surface area contributed by atoms with Gasteiger partial charge in [0.1, 0.15) is 46.8 Å². The number of halogens is 4. The fourth-order valence-electron chi connectivity index (χ4n) is 10.4. The molecule has 0 aliphatic carbocycles. The van der Waals surface area contributed by atoms with Gasteiger partial charge < -0.3 is 80.3 Å². The smallest absolute Gasteiger partial charge is 0.418 e. The van der Waals surface area contributed by atoms with Crippen molar-refractivity contribution in [2.24, 2.45) is 17.6 Å². The summed E-state index contributed by atoms with van der Waals surface area (Å²) in [6, 6.07) is 2.28. The number of anilines is 3. The number of thiocarbonyl (C=S) groups is 1. The minimum atomic E-state index is -5.18. The second-order valence-electron chi connectivity index (χ2n) is 22.7. The summed E-state index contributed by atoms with van der Waals surface area (Å²) in [4.78, 5) is 122. The number of primary amides is 1. The van der Waals surface area contributed by atoms with Crippen molar-refractivity contribution in [2.75, 3.05) is 76.3 Å². The Bertz CT molecular complexity index is 3130. The lowest BCUT2D eigenvalue weighted by atomic mass is 9.83. The zero-order valence-electron chi connectivity index (χ0n) is 51.9. The molecule has 9 amide bonds. The quantitative estimate of drug-likeness (QED) is 0.0295. The summed E-state index contributed by atoms with van der Waals surface area (Å²) >= 11 is 12.2. The summed E-state index contributed by atoms with van der Waals surface area (Å²) in [6.45, 7) is 8.65. The highest BCUT2D eigenvalue weighted by Crippen LogP contribution is 2.49. The first-order chi connectivity index (χ1) is 43.4. The van der Waals surface area contributed by atoms with Gasteiger partial charge in [-0.3, -0.25) is 34.6 Å². The van der Waals surface area contributed by atoms with Crippen LogP contribution >= 0.6 is 23.8 Å². The second kappa shape index (κ2) is 32.6. The predicted molar refractivity (Wildman–Crippen MR) is 327 cm³/mol. The number of carbonyl (C=O) groups is 9. The van der Waals surface area contributed by atoms with E-state index in [-0.39, 0.29) is 99.6 Å². The first-order valence-corrected chi connectivity index (χ1v) is 30.1. The predicted octanol–water partition coefficient (Wildman–Crippen LogP) is 4.78. The molecule has 4 bridgehead atoms. The van der Waals surface area contributed by atoms with Crippen molar-refractivity contribution in [3.8, 4) is 5.75 Å². The van der Waals surface area contributed by atoms with E-state index in [9.17, 15) is 48.3 Å². The van der Waals surface area contributed by atoms with Crippen LogP contribution in [0.25, 0.3) is 0 Å². The van der Waals surface area contributed by atoms with E-state index < -0.39 is 143 Å². The molecule has 2 aromatic rings. The van der Waals surface area contributed by atoms with Crippen LogP contribution in [0.2, 0.25) is 5.02 Å². The second-order valence-corrected chi connectivity index (χ2v) is 23.5. The van der Waals surface area contributed by atoms with Crippen LogP contribution in [0.5, 0.6) is 5.75 Å². The van der Waals surface area contributed by atoms with Crippen LogP contribution in [0.3, 0.4) is 0 Å². The molecule has 3 saturated heterocycles. The normalized spacial score (nSPS) is 23.2. The number of imide groups is 1. The number of alkyl carbamates (subject to hydrolysis) is 1. The van der Waals surface area contributed by atoms with Gasteiger partial charge in [0.25, 0.3) is 11.8 Å². The highest BCUT2D eigenvalue weighted by Gasteiger charge is 2.64. The number of alkyl halides is 3. The Morgan fingerprint density at radius 1 is 0.946 bits per heavy atom. The highest BCUT2D eigenvalue weighted by atomic mass is 35.5. The number of rotatable bonds is 24. The van der Waals surface area contributed by atoms with E-state index in [2.05, 4.69) is 37.2 Å². The number of nitrogens with two attached hydrogens (primary N) is 1. The maximum absolute atomic E-state index is 15.1. The van der Waals surface area contributed by atoms with Gasteiger partial charge in [0.2, 0.25) is 17.7 Å². The summed E-state index contributed by atoms with van der Waals surface area (Å²) in [5, 5.41) is 30.0. The van der Waals surface area contributed by atoms with Gasteiger partial charge in [0, 0.05) is 58.1 Å². The number of benzene rings is 2. The topological polar surface area (TPSA) is 368 Å². The molecule has 9 unspecified atom stereocenters. The highest BCUT2D eigenvalue weighted by molar-refractivity contribution is 7.80. The summed E-state index contributed by atoms with van der Waals surface area (Å²) in [6.07, 6.45) is -8.00. The third-order valence-electron chi connectivity index (χ3n) is 15.4. The molecule has 4 aliphatic rings. The number of fused-ring (bicyclic) bond motifs is 5. The molecule has 6 rings (SSSR count). The number of allylic oxidation sites excluding steroid dienone is 3. The zero-order valence-corrected chi connectivity index (χ0v) is 53.5. The molecule has 10 N–H and O–H groups in total. The molecule has 4 aliphatic heterocycles. The van der Waals surface area contributed by atoms with Crippen molar-refractivity contribution >= 4 is 99.7 Å². The number of epoxide rings is 1. The number of amides is 9. The maximum Gasteiger partial charge on any atom is 0.418 e. The number of ether oxygens (including phenoxy) is 7. The molecule has 0 radical (unpaired) electrons. The Kier molecular flexibility index (Phi) is 25.9. The van der Waals surface area contributed by atoms with Crippen LogP contribution in [0.1, 0.15) is 90.7 Å². The zero-order chi connectivity index (χ0) is 67.8.